The predicted octanol–water partition coefficient (Wildman–Crippen LogP) is 4.31. The highest BCUT2D eigenvalue weighted by molar-refractivity contribution is 5.97. The Hall–Kier alpha value is -4.56. The van der Waals surface area contributed by atoms with Crippen molar-refractivity contribution >= 4 is 11.9 Å². The number of ether oxygens (including phenoxy) is 4. The van der Waals surface area contributed by atoms with Crippen molar-refractivity contribution in [3.63, 3.8) is 0 Å². The first kappa shape index (κ1) is 37.9. The Kier molecular flexibility index (Phi) is 7.97. The smallest absolute Gasteiger partial charge is 0.343 e. The van der Waals surface area contributed by atoms with Gasteiger partial charge in [-0.1, -0.05) is 55.3 Å². The number of piperidine rings is 2. The van der Waals surface area contributed by atoms with Gasteiger partial charge in [-0.15, -0.1) is 0 Å². The predicted molar refractivity (Wildman–Crippen MR) is 224 cm³/mol. The normalized spacial score (nSPS) is 37.9. The van der Waals surface area contributed by atoms with E-state index in [9.17, 15) is 30.0 Å². The van der Waals surface area contributed by atoms with Gasteiger partial charge in [-0.25, -0.2) is 9.59 Å². The van der Waals surface area contributed by atoms with Crippen LogP contribution < -0.4 is 18.9 Å². The summed E-state index contributed by atoms with van der Waals surface area (Å²) in [6.07, 6.45) is 13.3. The van der Waals surface area contributed by atoms with Gasteiger partial charge in [0.1, 0.15) is 35.6 Å². The van der Waals surface area contributed by atoms with Gasteiger partial charge >= 0.3 is 11.9 Å². The summed E-state index contributed by atoms with van der Waals surface area (Å²) in [7, 11) is 0. The fraction of sp³-hybridized carbons (Fsp3) is 0.520. The number of benzene rings is 3. The number of aliphatic hydroxyl groups excluding tert-OH is 2. The van der Waals surface area contributed by atoms with Gasteiger partial charge in [0.15, 0.2) is 23.0 Å². The molecule has 2 saturated heterocycles. The molecule has 4 heterocycles. The Labute approximate surface area is 359 Å². The van der Waals surface area contributed by atoms with Gasteiger partial charge in [0.2, 0.25) is 0 Å². The highest BCUT2D eigenvalue weighted by atomic mass is 16.6. The zero-order chi connectivity index (χ0) is 41.9. The van der Waals surface area contributed by atoms with Crippen LogP contribution in [0.4, 0.5) is 0 Å². The zero-order valence-corrected chi connectivity index (χ0v) is 34.6. The second kappa shape index (κ2) is 13.0. The van der Waals surface area contributed by atoms with Gasteiger partial charge in [0, 0.05) is 36.3 Å². The molecule has 10 unspecified atom stereocenters. The van der Waals surface area contributed by atoms with Crippen molar-refractivity contribution in [1.82, 2.24) is 9.80 Å². The molecule has 3 aromatic carbocycles. The average molecular weight is 841 g/mol. The Morgan fingerprint density at radius 1 is 0.661 bits per heavy atom. The molecule has 4 N–H and O–H groups in total. The molecule has 0 radical (unpaired) electrons. The summed E-state index contributed by atoms with van der Waals surface area (Å²) in [5, 5.41) is 48.0. The number of rotatable bonds is 8. The summed E-state index contributed by atoms with van der Waals surface area (Å²) >= 11 is 0. The second-order valence-electron chi connectivity index (χ2n) is 20.1. The molecule has 62 heavy (non-hydrogen) atoms. The third-order valence-electron chi connectivity index (χ3n) is 17.4. The van der Waals surface area contributed by atoms with Crippen LogP contribution in [0.15, 0.2) is 72.8 Å². The summed E-state index contributed by atoms with van der Waals surface area (Å²) < 4.78 is 25.3. The van der Waals surface area contributed by atoms with Gasteiger partial charge in [0.25, 0.3) is 0 Å². The topological polar surface area (TPSA) is 158 Å². The van der Waals surface area contributed by atoms with Crippen LogP contribution in [0.25, 0.3) is 0 Å². The van der Waals surface area contributed by atoms with Crippen LogP contribution in [0.2, 0.25) is 0 Å². The lowest BCUT2D eigenvalue weighted by Gasteiger charge is -2.62. The summed E-state index contributed by atoms with van der Waals surface area (Å²) in [6, 6.07) is 13.2. The monoisotopic (exact) mass is 840 g/mol. The van der Waals surface area contributed by atoms with Crippen molar-refractivity contribution in [3.8, 4) is 23.0 Å². The molecule has 2 saturated carbocycles. The minimum Gasteiger partial charge on any atom is -0.482 e. The maximum Gasteiger partial charge on any atom is 0.343 e. The van der Waals surface area contributed by atoms with Gasteiger partial charge in [-0.05, 0) is 118 Å². The van der Waals surface area contributed by atoms with Crippen LogP contribution >= 0.6 is 0 Å². The maximum atomic E-state index is 14.0. The lowest BCUT2D eigenvalue weighted by molar-refractivity contribution is -0.159. The molecular formula is C50H52N2O10. The van der Waals surface area contributed by atoms with Crippen LogP contribution in [-0.2, 0) is 23.7 Å². The number of hydrogen-bond donors (Lipinski definition) is 4. The molecule has 4 bridgehead atoms. The molecule has 12 nitrogen and oxygen atoms in total. The highest BCUT2D eigenvalue weighted by Crippen LogP contribution is 2.66. The lowest BCUT2D eigenvalue weighted by atomic mass is 9.50. The summed E-state index contributed by atoms with van der Waals surface area (Å²) in [5.41, 5.74) is -0.386. The first-order chi connectivity index (χ1) is 30.0. The Morgan fingerprint density at radius 3 is 1.53 bits per heavy atom. The number of likely N-dealkylation sites (tertiary alicyclic amines) is 2. The minimum atomic E-state index is -1.26. The van der Waals surface area contributed by atoms with E-state index in [1.807, 2.05) is 12.1 Å². The molecule has 13 rings (SSSR count). The lowest BCUT2D eigenvalue weighted by Crippen LogP contribution is -2.75. The van der Waals surface area contributed by atoms with Crippen molar-refractivity contribution in [2.75, 3.05) is 26.2 Å². The van der Waals surface area contributed by atoms with E-state index in [0.717, 1.165) is 48.4 Å². The number of carbonyl (C=O) groups is 2. The molecule has 6 aliphatic carbocycles. The number of aliphatic hydroxyl groups is 4. The van der Waals surface area contributed by atoms with E-state index in [-0.39, 0.29) is 34.7 Å². The molecule has 12 heteroatoms. The zero-order valence-electron chi connectivity index (χ0n) is 34.6. The van der Waals surface area contributed by atoms with Gasteiger partial charge < -0.3 is 39.4 Å². The number of hydrogen-bond acceptors (Lipinski definition) is 12. The second-order valence-corrected chi connectivity index (χ2v) is 20.1. The molecule has 322 valence electrons. The van der Waals surface area contributed by atoms with Gasteiger partial charge in [0.05, 0.1) is 22.0 Å². The Morgan fingerprint density at radius 2 is 1.11 bits per heavy atom. The van der Waals surface area contributed by atoms with Gasteiger partial charge in [-0.3, -0.25) is 9.80 Å². The van der Waals surface area contributed by atoms with E-state index in [4.69, 9.17) is 18.9 Å². The highest BCUT2D eigenvalue weighted by Gasteiger charge is 2.73. The Balaban J connectivity index is 0.776. The summed E-state index contributed by atoms with van der Waals surface area (Å²) in [4.78, 5) is 32.8. The first-order valence-electron chi connectivity index (χ1n) is 22.9. The van der Waals surface area contributed by atoms with Gasteiger partial charge in [-0.2, -0.15) is 0 Å². The molecule has 10 atom stereocenters. The third-order valence-corrected chi connectivity index (χ3v) is 17.4. The first-order valence-corrected chi connectivity index (χ1v) is 22.9. The molecule has 4 fully saturated rings. The molecule has 2 spiro atoms. The van der Waals surface area contributed by atoms with E-state index in [0.29, 0.717) is 49.0 Å². The SMILES string of the molecule is O=C(Oc1ccc2c3c1OC1C(O)C=CC4(O)C(C2)N(CC2CCC2)CCC314)c1cccc(C(=O)Oc2ccc3c4c2OC2C(O)C=CC5(O)C(C3)N(CC3CCC3)CCC425)c1. The number of carbonyl (C=O) groups excluding carboxylic acids is 2. The fourth-order valence-corrected chi connectivity index (χ4v) is 14.0. The van der Waals surface area contributed by atoms with E-state index in [1.165, 1.54) is 44.6 Å². The van der Waals surface area contributed by atoms with Crippen molar-refractivity contribution < 1.29 is 49.0 Å². The van der Waals surface area contributed by atoms with Crippen LogP contribution in [0.1, 0.15) is 94.3 Å². The van der Waals surface area contributed by atoms with E-state index in [1.54, 1.807) is 54.6 Å². The average Bonchev–Trinajstić information content (AvgIpc) is 3.78. The fourth-order valence-electron chi connectivity index (χ4n) is 14.0. The van der Waals surface area contributed by atoms with E-state index in [2.05, 4.69) is 9.80 Å². The summed E-state index contributed by atoms with van der Waals surface area (Å²) in [6.45, 7) is 3.45. The molecule has 4 aliphatic heterocycles. The molecular weight excluding hydrogens is 789 g/mol. The maximum absolute atomic E-state index is 14.0. The molecule has 10 aliphatic rings. The van der Waals surface area contributed by atoms with Crippen LogP contribution in [0.5, 0.6) is 23.0 Å². The van der Waals surface area contributed by atoms with E-state index >= 15 is 0 Å². The van der Waals surface area contributed by atoms with Crippen molar-refractivity contribution in [2.24, 2.45) is 11.8 Å². The van der Waals surface area contributed by atoms with Crippen LogP contribution in [0, 0.1) is 11.8 Å². The van der Waals surface area contributed by atoms with Crippen molar-refractivity contribution in [1.29, 1.82) is 0 Å². The standard InChI is InChI=1S/C50H52N2O10/c53-33-14-16-49(57)37-23-29-10-12-35(41-39(29)47(49,43(33)61-41)18-20-51(37)25-27-4-1-5-27)59-45(55)31-8-3-9-32(22-31)46(56)60-36-13-11-30-24-38-50(58)17-15-34(54)44-48(50,40(30)42(36)62-44)19-21-52(38)26-28-6-2-7-28/h3,8-17,22,27-28,33-34,37-38,43-44,53-54,57-58H,1-2,4-7,18-21,23-26H2. The molecule has 0 amide bonds. The quantitative estimate of drug-likeness (QED) is 0.145. The summed E-state index contributed by atoms with van der Waals surface area (Å²) in [5.74, 6) is 1.00. The molecule has 3 aromatic rings. The van der Waals surface area contributed by atoms with E-state index < -0.39 is 58.4 Å². The third kappa shape index (κ3) is 4.78. The van der Waals surface area contributed by atoms with Crippen LogP contribution in [0.3, 0.4) is 0 Å². The minimum absolute atomic E-state index is 0.121. The van der Waals surface area contributed by atoms with Crippen molar-refractivity contribution in [2.45, 2.75) is 123 Å². The largest absolute Gasteiger partial charge is 0.482 e. The van der Waals surface area contributed by atoms with Crippen LogP contribution in [-0.4, -0.2) is 116 Å². The number of nitrogens with zero attached hydrogens (tertiary/aromatic N) is 2. The number of esters is 2. The molecule has 0 aromatic heterocycles. The van der Waals surface area contributed by atoms with Crippen molar-refractivity contribution in [3.05, 3.63) is 106 Å². The Bertz CT molecular complexity index is 2350.